The van der Waals surface area contributed by atoms with Crippen LogP contribution in [-0.4, -0.2) is 11.8 Å². The molecule has 0 atom stereocenters. The van der Waals surface area contributed by atoms with E-state index in [0.717, 1.165) is 37.0 Å². The van der Waals surface area contributed by atoms with Gasteiger partial charge in [0.05, 0.1) is 5.02 Å². The van der Waals surface area contributed by atoms with E-state index in [2.05, 4.69) is 10.9 Å². The minimum absolute atomic E-state index is 0.00133. The van der Waals surface area contributed by atoms with Crippen LogP contribution in [0.5, 0.6) is 0 Å². The van der Waals surface area contributed by atoms with Crippen LogP contribution in [0.25, 0.3) is 6.08 Å². The van der Waals surface area contributed by atoms with Gasteiger partial charge in [0.25, 0.3) is 5.91 Å². The van der Waals surface area contributed by atoms with E-state index in [9.17, 15) is 14.0 Å². The number of carbonyl (C=O) groups is 2. The van der Waals surface area contributed by atoms with Crippen molar-refractivity contribution in [1.82, 2.24) is 10.9 Å². The monoisotopic (exact) mass is 390 g/mol. The van der Waals surface area contributed by atoms with E-state index >= 15 is 0 Å². The van der Waals surface area contributed by atoms with Gasteiger partial charge in [0, 0.05) is 12.5 Å². The van der Waals surface area contributed by atoms with Gasteiger partial charge in [0.2, 0.25) is 5.91 Å². The van der Waals surface area contributed by atoms with Crippen molar-refractivity contribution in [3.05, 3.63) is 40.7 Å². The lowest BCUT2D eigenvalue weighted by Crippen LogP contribution is -2.49. The summed E-state index contributed by atoms with van der Waals surface area (Å²) in [4.78, 5) is 24.3. The quantitative estimate of drug-likeness (QED) is 0.596. The Labute approximate surface area is 163 Å². The number of carbonyl (C=O) groups excluding carboxylic acids is 2. The van der Waals surface area contributed by atoms with E-state index in [-0.39, 0.29) is 16.3 Å². The zero-order valence-electron chi connectivity index (χ0n) is 15.1. The Hall–Kier alpha value is -1.88. The highest BCUT2D eigenvalue weighted by Gasteiger charge is 2.51. The summed E-state index contributed by atoms with van der Waals surface area (Å²) in [5, 5.41) is 0.00133. The van der Waals surface area contributed by atoms with E-state index in [0.29, 0.717) is 12.0 Å². The molecule has 0 spiro atoms. The first-order chi connectivity index (χ1) is 12.9. The fourth-order valence-corrected chi connectivity index (χ4v) is 6.04. The number of hydrogen-bond acceptors (Lipinski definition) is 2. The lowest BCUT2D eigenvalue weighted by atomic mass is 9.49. The molecule has 0 saturated heterocycles. The molecule has 2 N–H and O–H groups in total. The Kier molecular flexibility index (Phi) is 4.97. The molecule has 0 aliphatic heterocycles. The van der Waals surface area contributed by atoms with Gasteiger partial charge in [-0.1, -0.05) is 17.7 Å². The molecule has 4 nitrogen and oxygen atoms in total. The molecule has 4 aliphatic rings. The van der Waals surface area contributed by atoms with Crippen LogP contribution in [0.1, 0.15) is 50.5 Å². The molecule has 4 aliphatic carbocycles. The molecule has 4 saturated carbocycles. The smallest absolute Gasteiger partial charge is 0.262 e. The number of halogens is 2. The molecule has 5 rings (SSSR count). The molecule has 0 aromatic heterocycles. The third-order valence-electron chi connectivity index (χ3n) is 6.40. The van der Waals surface area contributed by atoms with Crippen molar-refractivity contribution in [3.63, 3.8) is 0 Å². The predicted octanol–water partition coefficient (Wildman–Crippen LogP) is 4.25. The van der Waals surface area contributed by atoms with Crippen LogP contribution in [0.3, 0.4) is 0 Å². The van der Waals surface area contributed by atoms with Crippen LogP contribution >= 0.6 is 11.6 Å². The standard InChI is InChI=1S/C21H24ClFN2O2/c22-17-8-13(1-3-18(17)23)2-4-19(26)24-25-20(27)12-21-9-14-5-15(10-21)7-16(6-14)11-21/h1-4,8,14-16H,5-7,9-12H2,(H,24,26)(H,25,27). The molecule has 0 heterocycles. The SMILES string of the molecule is O=C(C=Cc1ccc(F)c(Cl)c1)NNC(=O)CC12CC3CC(CC(C3)C1)C2. The Balaban J connectivity index is 1.27. The first-order valence-corrected chi connectivity index (χ1v) is 10.0. The Morgan fingerprint density at radius 2 is 1.74 bits per heavy atom. The van der Waals surface area contributed by atoms with Gasteiger partial charge in [-0.15, -0.1) is 0 Å². The van der Waals surface area contributed by atoms with Crippen molar-refractivity contribution in [2.75, 3.05) is 0 Å². The summed E-state index contributed by atoms with van der Waals surface area (Å²) in [6, 6.07) is 4.20. The van der Waals surface area contributed by atoms with E-state index in [1.165, 1.54) is 49.6 Å². The van der Waals surface area contributed by atoms with Gasteiger partial charge in [0.15, 0.2) is 0 Å². The third kappa shape index (κ3) is 4.18. The molecule has 27 heavy (non-hydrogen) atoms. The lowest BCUT2D eigenvalue weighted by molar-refractivity contribution is -0.133. The molecule has 144 valence electrons. The summed E-state index contributed by atoms with van der Waals surface area (Å²) in [7, 11) is 0. The van der Waals surface area contributed by atoms with Crippen molar-refractivity contribution in [3.8, 4) is 0 Å². The van der Waals surface area contributed by atoms with Crippen molar-refractivity contribution < 1.29 is 14.0 Å². The third-order valence-corrected chi connectivity index (χ3v) is 6.69. The Bertz CT molecular complexity index is 757. The molecule has 1 aromatic rings. The summed E-state index contributed by atoms with van der Waals surface area (Å²) in [6.07, 6.45) is 10.8. The normalized spacial score (nSPS) is 31.3. The average molecular weight is 391 g/mol. The van der Waals surface area contributed by atoms with Crippen LogP contribution in [0.15, 0.2) is 24.3 Å². The number of hydrazine groups is 1. The fraction of sp³-hybridized carbons (Fsp3) is 0.524. The topological polar surface area (TPSA) is 58.2 Å². The zero-order valence-corrected chi connectivity index (χ0v) is 15.9. The van der Waals surface area contributed by atoms with Gasteiger partial charge in [-0.25, -0.2) is 4.39 Å². The van der Waals surface area contributed by atoms with Gasteiger partial charge in [0.1, 0.15) is 5.82 Å². The highest BCUT2D eigenvalue weighted by molar-refractivity contribution is 6.30. The first-order valence-electron chi connectivity index (χ1n) is 9.63. The number of amides is 2. The van der Waals surface area contributed by atoms with Crippen LogP contribution in [0.4, 0.5) is 4.39 Å². The van der Waals surface area contributed by atoms with Gasteiger partial charge >= 0.3 is 0 Å². The van der Waals surface area contributed by atoms with Crippen LogP contribution in [-0.2, 0) is 9.59 Å². The maximum Gasteiger partial charge on any atom is 0.262 e. The first kappa shape index (κ1) is 18.5. The Morgan fingerprint density at radius 1 is 1.11 bits per heavy atom. The number of hydrogen-bond donors (Lipinski definition) is 2. The largest absolute Gasteiger partial charge is 0.273 e. The Morgan fingerprint density at radius 3 is 2.33 bits per heavy atom. The lowest BCUT2D eigenvalue weighted by Gasteiger charge is -2.56. The van der Waals surface area contributed by atoms with Gasteiger partial charge < -0.3 is 0 Å². The average Bonchev–Trinajstić information content (AvgIpc) is 2.59. The molecule has 0 unspecified atom stereocenters. The highest BCUT2D eigenvalue weighted by Crippen LogP contribution is 2.61. The summed E-state index contributed by atoms with van der Waals surface area (Å²) in [5.41, 5.74) is 5.72. The van der Waals surface area contributed by atoms with Crippen molar-refractivity contribution in [1.29, 1.82) is 0 Å². The van der Waals surface area contributed by atoms with E-state index < -0.39 is 11.7 Å². The molecule has 4 bridgehead atoms. The van der Waals surface area contributed by atoms with E-state index in [1.54, 1.807) is 0 Å². The second kappa shape index (κ2) is 7.27. The zero-order chi connectivity index (χ0) is 19.0. The molecular formula is C21H24ClFN2O2. The van der Waals surface area contributed by atoms with Crippen molar-refractivity contribution >= 4 is 29.5 Å². The summed E-state index contributed by atoms with van der Waals surface area (Å²) < 4.78 is 13.1. The minimum atomic E-state index is -0.504. The van der Waals surface area contributed by atoms with Crippen molar-refractivity contribution in [2.45, 2.75) is 44.9 Å². The summed E-state index contributed by atoms with van der Waals surface area (Å²) in [5.74, 6) is 1.32. The van der Waals surface area contributed by atoms with Gasteiger partial charge in [-0.3, -0.25) is 20.4 Å². The van der Waals surface area contributed by atoms with Crippen LogP contribution in [0.2, 0.25) is 5.02 Å². The summed E-state index contributed by atoms with van der Waals surface area (Å²) in [6.45, 7) is 0. The number of nitrogens with one attached hydrogen (secondary N) is 2. The van der Waals surface area contributed by atoms with E-state index in [1.807, 2.05) is 0 Å². The second-order valence-electron chi connectivity index (χ2n) is 8.64. The predicted molar refractivity (Wildman–Crippen MR) is 102 cm³/mol. The molecule has 0 radical (unpaired) electrons. The molecular weight excluding hydrogens is 367 g/mol. The minimum Gasteiger partial charge on any atom is -0.273 e. The van der Waals surface area contributed by atoms with Crippen LogP contribution < -0.4 is 10.9 Å². The van der Waals surface area contributed by atoms with Crippen LogP contribution in [0, 0.1) is 29.0 Å². The number of benzene rings is 1. The fourth-order valence-electron chi connectivity index (χ4n) is 5.85. The highest BCUT2D eigenvalue weighted by atomic mass is 35.5. The number of rotatable bonds is 4. The maximum absolute atomic E-state index is 13.1. The van der Waals surface area contributed by atoms with Crippen molar-refractivity contribution in [2.24, 2.45) is 23.2 Å². The molecule has 1 aromatic carbocycles. The molecule has 4 fully saturated rings. The second-order valence-corrected chi connectivity index (χ2v) is 9.05. The molecule has 6 heteroatoms. The molecule has 2 amide bonds. The summed E-state index contributed by atoms with van der Waals surface area (Å²) >= 11 is 5.71. The van der Waals surface area contributed by atoms with Gasteiger partial charge in [-0.2, -0.15) is 0 Å². The van der Waals surface area contributed by atoms with Gasteiger partial charge in [-0.05, 0) is 85.5 Å². The maximum atomic E-state index is 13.1. The van der Waals surface area contributed by atoms with E-state index in [4.69, 9.17) is 11.6 Å².